The Balaban J connectivity index is 1.99. The monoisotopic (exact) mass is 314 g/mol. The van der Waals surface area contributed by atoms with E-state index in [9.17, 15) is 9.59 Å². The molecule has 0 saturated heterocycles. The molecule has 0 aliphatic rings. The SMILES string of the molecule is CC(C)c1cc2c(=O)n(CCc3ccccc3)c(=O)[nH]c2s1. The van der Waals surface area contributed by atoms with Gasteiger partial charge >= 0.3 is 5.69 Å². The molecule has 0 fully saturated rings. The van der Waals surface area contributed by atoms with E-state index >= 15 is 0 Å². The summed E-state index contributed by atoms with van der Waals surface area (Å²) in [5, 5.41) is 0.612. The number of hydrogen-bond donors (Lipinski definition) is 1. The third-order valence-electron chi connectivity index (χ3n) is 3.73. The Morgan fingerprint density at radius 2 is 1.91 bits per heavy atom. The summed E-state index contributed by atoms with van der Waals surface area (Å²) < 4.78 is 1.30. The Kier molecular flexibility index (Phi) is 3.98. The highest BCUT2D eigenvalue weighted by molar-refractivity contribution is 7.18. The second kappa shape index (κ2) is 5.93. The van der Waals surface area contributed by atoms with Crippen molar-refractivity contribution in [3.05, 3.63) is 67.7 Å². The molecule has 0 unspecified atom stereocenters. The molecule has 114 valence electrons. The first-order valence-electron chi connectivity index (χ1n) is 7.36. The predicted molar refractivity (Wildman–Crippen MR) is 90.9 cm³/mol. The first-order valence-corrected chi connectivity index (χ1v) is 8.18. The van der Waals surface area contributed by atoms with Gasteiger partial charge in [0.05, 0.1) is 5.39 Å². The average molecular weight is 314 g/mol. The molecule has 0 bridgehead atoms. The maximum absolute atomic E-state index is 12.6. The number of fused-ring (bicyclic) bond motifs is 1. The van der Waals surface area contributed by atoms with Crippen LogP contribution in [0.3, 0.4) is 0 Å². The van der Waals surface area contributed by atoms with Gasteiger partial charge in [0, 0.05) is 11.4 Å². The van der Waals surface area contributed by atoms with E-state index in [2.05, 4.69) is 18.8 Å². The van der Waals surface area contributed by atoms with Crippen molar-refractivity contribution < 1.29 is 0 Å². The van der Waals surface area contributed by atoms with E-state index in [0.717, 1.165) is 10.4 Å². The second-order valence-corrected chi connectivity index (χ2v) is 6.75. The molecule has 0 spiro atoms. The summed E-state index contributed by atoms with van der Waals surface area (Å²) >= 11 is 1.49. The standard InChI is InChI=1S/C17H18N2O2S/c1-11(2)14-10-13-15(22-14)18-17(21)19(16(13)20)9-8-12-6-4-3-5-7-12/h3-7,10-11H,8-9H2,1-2H3,(H,18,21). The average Bonchev–Trinajstić information content (AvgIpc) is 2.92. The van der Waals surface area contributed by atoms with E-state index in [1.807, 2.05) is 36.4 Å². The number of aromatic amines is 1. The molecule has 4 nitrogen and oxygen atoms in total. The smallest absolute Gasteiger partial charge is 0.298 e. The zero-order chi connectivity index (χ0) is 15.7. The van der Waals surface area contributed by atoms with E-state index in [4.69, 9.17) is 0 Å². The van der Waals surface area contributed by atoms with Crippen LogP contribution >= 0.6 is 11.3 Å². The minimum absolute atomic E-state index is 0.196. The summed E-state index contributed by atoms with van der Waals surface area (Å²) in [7, 11) is 0. The highest BCUT2D eigenvalue weighted by Gasteiger charge is 2.12. The van der Waals surface area contributed by atoms with Crippen molar-refractivity contribution in [2.75, 3.05) is 0 Å². The molecule has 0 aliphatic carbocycles. The minimum atomic E-state index is -0.328. The molecule has 1 N–H and O–H groups in total. The van der Waals surface area contributed by atoms with Gasteiger partial charge in [-0.1, -0.05) is 44.2 Å². The zero-order valence-corrected chi connectivity index (χ0v) is 13.4. The summed E-state index contributed by atoms with van der Waals surface area (Å²) in [4.78, 5) is 29.4. The van der Waals surface area contributed by atoms with Gasteiger partial charge in [-0.2, -0.15) is 0 Å². The topological polar surface area (TPSA) is 54.9 Å². The number of aryl methyl sites for hydroxylation is 1. The van der Waals surface area contributed by atoms with Crippen molar-refractivity contribution in [1.82, 2.24) is 9.55 Å². The Morgan fingerprint density at radius 1 is 1.18 bits per heavy atom. The Labute approximate surface area is 132 Å². The van der Waals surface area contributed by atoms with Crippen molar-refractivity contribution in [2.24, 2.45) is 0 Å². The van der Waals surface area contributed by atoms with Gasteiger partial charge in [0.15, 0.2) is 0 Å². The van der Waals surface area contributed by atoms with E-state index in [1.165, 1.54) is 15.9 Å². The van der Waals surface area contributed by atoms with Crippen molar-refractivity contribution in [1.29, 1.82) is 0 Å². The molecule has 1 aromatic carbocycles. The van der Waals surface area contributed by atoms with E-state index < -0.39 is 0 Å². The molecule has 0 radical (unpaired) electrons. The van der Waals surface area contributed by atoms with Gasteiger partial charge in [-0.15, -0.1) is 11.3 Å². The van der Waals surface area contributed by atoms with Crippen molar-refractivity contribution in [3.8, 4) is 0 Å². The van der Waals surface area contributed by atoms with Gasteiger partial charge in [-0.25, -0.2) is 4.79 Å². The van der Waals surface area contributed by atoms with Crippen LogP contribution in [-0.4, -0.2) is 9.55 Å². The quantitative estimate of drug-likeness (QED) is 0.804. The number of thiophene rings is 1. The molecule has 2 heterocycles. The number of hydrogen-bond acceptors (Lipinski definition) is 3. The molecule has 0 atom stereocenters. The third-order valence-corrected chi connectivity index (χ3v) is 5.08. The Hall–Kier alpha value is -2.14. The molecule has 0 aliphatic heterocycles. The predicted octanol–water partition coefficient (Wildman–Crippen LogP) is 3.12. The van der Waals surface area contributed by atoms with Gasteiger partial charge in [-0.3, -0.25) is 14.3 Å². The van der Waals surface area contributed by atoms with E-state index in [1.54, 1.807) is 0 Å². The fourth-order valence-electron chi connectivity index (χ4n) is 2.44. The first-order chi connectivity index (χ1) is 10.6. The highest BCUT2D eigenvalue weighted by atomic mass is 32.1. The van der Waals surface area contributed by atoms with Crippen LogP contribution in [0.4, 0.5) is 0 Å². The highest BCUT2D eigenvalue weighted by Crippen LogP contribution is 2.26. The lowest BCUT2D eigenvalue weighted by Gasteiger charge is -2.04. The molecule has 3 rings (SSSR count). The lowest BCUT2D eigenvalue weighted by molar-refractivity contribution is 0.637. The van der Waals surface area contributed by atoms with Crippen LogP contribution in [0.2, 0.25) is 0 Å². The van der Waals surface area contributed by atoms with Crippen LogP contribution in [0, 0.1) is 0 Å². The van der Waals surface area contributed by atoms with Crippen molar-refractivity contribution in [2.45, 2.75) is 32.7 Å². The minimum Gasteiger partial charge on any atom is -0.298 e. The van der Waals surface area contributed by atoms with E-state index in [-0.39, 0.29) is 11.2 Å². The van der Waals surface area contributed by atoms with Crippen LogP contribution in [-0.2, 0) is 13.0 Å². The molecule has 0 amide bonds. The number of nitrogens with one attached hydrogen (secondary N) is 1. The summed E-state index contributed by atoms with van der Waals surface area (Å²) in [6.45, 7) is 4.55. The maximum atomic E-state index is 12.6. The number of rotatable bonds is 4. The number of aromatic nitrogens is 2. The molecule has 22 heavy (non-hydrogen) atoms. The van der Waals surface area contributed by atoms with Gasteiger partial charge in [0.2, 0.25) is 0 Å². The Morgan fingerprint density at radius 3 is 2.59 bits per heavy atom. The third kappa shape index (κ3) is 2.76. The molecule has 3 aromatic rings. The normalized spacial score (nSPS) is 11.4. The zero-order valence-electron chi connectivity index (χ0n) is 12.6. The maximum Gasteiger partial charge on any atom is 0.329 e. The van der Waals surface area contributed by atoms with Gasteiger partial charge in [0.25, 0.3) is 5.56 Å². The summed E-state index contributed by atoms with van der Waals surface area (Å²) in [5.74, 6) is 0.345. The molecular formula is C17H18N2O2S. The van der Waals surface area contributed by atoms with Crippen LogP contribution in [0.1, 0.15) is 30.2 Å². The lowest BCUT2D eigenvalue weighted by atomic mass is 10.1. The molecule has 5 heteroatoms. The lowest BCUT2D eigenvalue weighted by Crippen LogP contribution is -2.35. The molecule has 0 saturated carbocycles. The summed E-state index contributed by atoms with van der Waals surface area (Å²) in [5.41, 5.74) is 0.588. The molecule has 2 aromatic heterocycles. The largest absolute Gasteiger partial charge is 0.329 e. The molecular weight excluding hydrogens is 296 g/mol. The number of benzene rings is 1. The fourth-order valence-corrected chi connectivity index (χ4v) is 3.48. The van der Waals surface area contributed by atoms with Gasteiger partial charge in [0.1, 0.15) is 4.83 Å². The fraction of sp³-hybridized carbons (Fsp3) is 0.294. The van der Waals surface area contributed by atoms with Crippen LogP contribution in [0.15, 0.2) is 46.0 Å². The van der Waals surface area contributed by atoms with Crippen molar-refractivity contribution >= 4 is 21.6 Å². The van der Waals surface area contributed by atoms with Crippen LogP contribution < -0.4 is 11.2 Å². The van der Waals surface area contributed by atoms with Crippen molar-refractivity contribution in [3.63, 3.8) is 0 Å². The van der Waals surface area contributed by atoms with Crippen LogP contribution in [0.25, 0.3) is 10.2 Å². The number of nitrogens with zero attached hydrogens (tertiary/aromatic N) is 1. The van der Waals surface area contributed by atoms with Gasteiger partial charge in [-0.05, 0) is 24.0 Å². The van der Waals surface area contributed by atoms with Gasteiger partial charge < -0.3 is 0 Å². The van der Waals surface area contributed by atoms with E-state index in [0.29, 0.717) is 29.1 Å². The Bertz CT molecular complexity index is 904. The summed E-state index contributed by atoms with van der Waals surface area (Å²) in [6.07, 6.45) is 0.663. The second-order valence-electron chi connectivity index (χ2n) is 5.67. The number of H-pyrrole nitrogens is 1. The van der Waals surface area contributed by atoms with Crippen LogP contribution in [0.5, 0.6) is 0 Å². The summed E-state index contributed by atoms with van der Waals surface area (Å²) in [6, 6.07) is 11.8. The first kappa shape index (κ1) is 14.8.